The summed E-state index contributed by atoms with van der Waals surface area (Å²) in [6.07, 6.45) is 2.79. The molecular formula is C14H18BrN3O. The SMILES string of the molecule is CNC(Cc1ccn(C)n1)c1ccc(Br)cc1OC. The van der Waals surface area contributed by atoms with Gasteiger partial charge in [-0.1, -0.05) is 22.0 Å². The summed E-state index contributed by atoms with van der Waals surface area (Å²) in [6.45, 7) is 0. The van der Waals surface area contributed by atoms with Crippen molar-refractivity contribution < 1.29 is 4.74 Å². The van der Waals surface area contributed by atoms with Crippen LogP contribution in [-0.2, 0) is 13.5 Å². The molecule has 19 heavy (non-hydrogen) atoms. The number of aromatic nitrogens is 2. The Bertz CT molecular complexity index is 553. The van der Waals surface area contributed by atoms with Gasteiger partial charge in [0.15, 0.2) is 0 Å². The van der Waals surface area contributed by atoms with Crippen molar-refractivity contribution in [2.24, 2.45) is 7.05 Å². The van der Waals surface area contributed by atoms with E-state index in [2.05, 4.69) is 32.4 Å². The van der Waals surface area contributed by atoms with E-state index in [1.165, 1.54) is 0 Å². The summed E-state index contributed by atoms with van der Waals surface area (Å²) in [4.78, 5) is 0. The molecule has 0 amide bonds. The molecule has 0 radical (unpaired) electrons. The first-order valence-electron chi connectivity index (χ1n) is 6.13. The lowest BCUT2D eigenvalue weighted by atomic mass is 10.0. The van der Waals surface area contributed by atoms with Gasteiger partial charge >= 0.3 is 0 Å². The summed E-state index contributed by atoms with van der Waals surface area (Å²) in [6, 6.07) is 8.31. The van der Waals surface area contributed by atoms with Gasteiger partial charge in [-0.25, -0.2) is 0 Å². The zero-order valence-electron chi connectivity index (χ0n) is 11.4. The Balaban J connectivity index is 2.26. The van der Waals surface area contributed by atoms with Gasteiger partial charge in [0.1, 0.15) is 5.75 Å². The van der Waals surface area contributed by atoms with Crippen LogP contribution in [0, 0.1) is 0 Å². The largest absolute Gasteiger partial charge is 0.496 e. The van der Waals surface area contributed by atoms with E-state index in [4.69, 9.17) is 4.74 Å². The summed E-state index contributed by atoms with van der Waals surface area (Å²) in [5, 5.41) is 7.75. The van der Waals surface area contributed by atoms with Gasteiger partial charge in [0.2, 0.25) is 0 Å². The van der Waals surface area contributed by atoms with Crippen molar-refractivity contribution >= 4 is 15.9 Å². The fourth-order valence-corrected chi connectivity index (χ4v) is 2.46. The number of nitrogens with zero attached hydrogens (tertiary/aromatic N) is 2. The van der Waals surface area contributed by atoms with Crippen LogP contribution in [0.25, 0.3) is 0 Å². The van der Waals surface area contributed by atoms with Crippen LogP contribution in [0.15, 0.2) is 34.9 Å². The van der Waals surface area contributed by atoms with Gasteiger partial charge in [-0.2, -0.15) is 5.10 Å². The number of rotatable bonds is 5. The monoisotopic (exact) mass is 323 g/mol. The van der Waals surface area contributed by atoms with E-state index < -0.39 is 0 Å². The second-order valence-corrected chi connectivity index (χ2v) is 5.33. The second-order valence-electron chi connectivity index (χ2n) is 4.41. The molecule has 1 heterocycles. The van der Waals surface area contributed by atoms with Crippen LogP contribution in [0.2, 0.25) is 0 Å². The predicted molar refractivity (Wildman–Crippen MR) is 79.4 cm³/mol. The van der Waals surface area contributed by atoms with Gasteiger partial charge < -0.3 is 10.1 Å². The minimum Gasteiger partial charge on any atom is -0.496 e. The zero-order chi connectivity index (χ0) is 13.8. The highest BCUT2D eigenvalue weighted by Gasteiger charge is 2.16. The molecule has 1 unspecified atom stereocenters. The van der Waals surface area contributed by atoms with Crippen LogP contribution in [0.5, 0.6) is 5.75 Å². The summed E-state index contributed by atoms with van der Waals surface area (Å²) >= 11 is 3.46. The molecule has 0 spiro atoms. The Morgan fingerprint density at radius 3 is 2.79 bits per heavy atom. The number of ether oxygens (including phenoxy) is 1. The topological polar surface area (TPSA) is 39.1 Å². The average molecular weight is 324 g/mol. The number of benzene rings is 1. The number of hydrogen-bond acceptors (Lipinski definition) is 3. The molecule has 1 atom stereocenters. The molecular weight excluding hydrogens is 306 g/mol. The number of halogens is 1. The lowest BCUT2D eigenvalue weighted by Gasteiger charge is -2.18. The second kappa shape index (κ2) is 6.21. The van der Waals surface area contributed by atoms with E-state index in [0.29, 0.717) is 0 Å². The van der Waals surface area contributed by atoms with Crippen molar-refractivity contribution in [1.82, 2.24) is 15.1 Å². The summed E-state index contributed by atoms with van der Waals surface area (Å²) in [5.41, 5.74) is 2.20. The smallest absolute Gasteiger partial charge is 0.124 e. The van der Waals surface area contributed by atoms with Crippen LogP contribution < -0.4 is 10.1 Å². The molecule has 0 fully saturated rings. The number of aryl methyl sites for hydroxylation is 1. The Kier molecular flexibility index (Phi) is 4.61. The Morgan fingerprint density at radius 1 is 1.42 bits per heavy atom. The maximum absolute atomic E-state index is 5.46. The van der Waals surface area contributed by atoms with Gasteiger partial charge in [-0.3, -0.25) is 4.68 Å². The molecule has 5 heteroatoms. The number of likely N-dealkylation sites (N-methyl/N-ethyl adjacent to an activating group) is 1. The molecule has 0 bridgehead atoms. The molecule has 2 rings (SSSR count). The van der Waals surface area contributed by atoms with E-state index in [1.807, 2.05) is 43.2 Å². The highest BCUT2D eigenvalue weighted by molar-refractivity contribution is 9.10. The Labute approximate surface area is 121 Å². The van der Waals surface area contributed by atoms with Gasteiger partial charge in [0.05, 0.1) is 12.8 Å². The van der Waals surface area contributed by atoms with Gasteiger partial charge in [0, 0.05) is 35.7 Å². The van der Waals surface area contributed by atoms with Gasteiger partial charge in [-0.05, 0) is 25.2 Å². The zero-order valence-corrected chi connectivity index (χ0v) is 12.9. The fourth-order valence-electron chi connectivity index (χ4n) is 2.12. The van der Waals surface area contributed by atoms with Crippen LogP contribution in [0.4, 0.5) is 0 Å². The van der Waals surface area contributed by atoms with E-state index >= 15 is 0 Å². The molecule has 0 saturated carbocycles. The van der Waals surface area contributed by atoms with Crippen molar-refractivity contribution in [2.45, 2.75) is 12.5 Å². The highest BCUT2D eigenvalue weighted by atomic mass is 79.9. The van der Waals surface area contributed by atoms with Crippen LogP contribution in [0.1, 0.15) is 17.3 Å². The van der Waals surface area contributed by atoms with Crippen molar-refractivity contribution in [1.29, 1.82) is 0 Å². The van der Waals surface area contributed by atoms with Crippen molar-refractivity contribution in [3.63, 3.8) is 0 Å². The Hall–Kier alpha value is -1.33. The summed E-state index contributed by atoms with van der Waals surface area (Å²) in [5.74, 6) is 0.879. The van der Waals surface area contributed by atoms with Crippen LogP contribution in [-0.4, -0.2) is 23.9 Å². The first-order valence-corrected chi connectivity index (χ1v) is 6.92. The maximum atomic E-state index is 5.46. The predicted octanol–water partition coefficient (Wildman–Crippen LogP) is 2.69. The third-order valence-corrected chi connectivity index (χ3v) is 3.59. The quantitative estimate of drug-likeness (QED) is 0.919. The number of hydrogen-bond donors (Lipinski definition) is 1. The maximum Gasteiger partial charge on any atom is 0.124 e. The van der Waals surface area contributed by atoms with E-state index in [0.717, 1.165) is 27.9 Å². The third-order valence-electron chi connectivity index (χ3n) is 3.10. The average Bonchev–Trinajstić information content (AvgIpc) is 2.81. The first-order chi connectivity index (χ1) is 9.13. The van der Waals surface area contributed by atoms with Crippen molar-refractivity contribution in [3.05, 3.63) is 46.2 Å². The molecule has 1 aromatic carbocycles. The third kappa shape index (κ3) is 3.36. The van der Waals surface area contributed by atoms with Gasteiger partial charge in [-0.15, -0.1) is 0 Å². The molecule has 0 aliphatic rings. The Morgan fingerprint density at radius 2 is 2.21 bits per heavy atom. The van der Waals surface area contributed by atoms with Gasteiger partial charge in [0.25, 0.3) is 0 Å². The van der Waals surface area contributed by atoms with Crippen molar-refractivity contribution in [3.8, 4) is 5.75 Å². The molecule has 0 aliphatic carbocycles. The minimum atomic E-state index is 0.179. The van der Waals surface area contributed by atoms with E-state index in [-0.39, 0.29) is 6.04 Å². The molecule has 2 aromatic rings. The first kappa shape index (κ1) is 14.1. The normalized spacial score (nSPS) is 12.4. The molecule has 1 aromatic heterocycles. The minimum absolute atomic E-state index is 0.179. The molecule has 0 saturated heterocycles. The van der Waals surface area contributed by atoms with Crippen LogP contribution >= 0.6 is 15.9 Å². The lowest BCUT2D eigenvalue weighted by molar-refractivity contribution is 0.400. The summed E-state index contributed by atoms with van der Waals surface area (Å²) < 4.78 is 8.29. The van der Waals surface area contributed by atoms with E-state index in [9.17, 15) is 0 Å². The fraction of sp³-hybridized carbons (Fsp3) is 0.357. The van der Waals surface area contributed by atoms with Crippen LogP contribution in [0.3, 0.4) is 0 Å². The molecule has 0 aliphatic heterocycles. The molecule has 102 valence electrons. The standard InChI is InChI=1S/C14H18BrN3O/c1-16-13(9-11-6-7-18(2)17-11)12-5-4-10(15)8-14(12)19-3/h4-8,13,16H,9H2,1-3H3. The van der Waals surface area contributed by atoms with E-state index in [1.54, 1.807) is 7.11 Å². The lowest BCUT2D eigenvalue weighted by Crippen LogP contribution is -2.20. The highest BCUT2D eigenvalue weighted by Crippen LogP contribution is 2.30. The molecule has 1 N–H and O–H groups in total. The number of nitrogens with one attached hydrogen (secondary N) is 1. The summed E-state index contributed by atoms with van der Waals surface area (Å²) in [7, 11) is 5.58. The molecule has 4 nitrogen and oxygen atoms in total. The number of methoxy groups -OCH3 is 1. The van der Waals surface area contributed by atoms with Crippen molar-refractivity contribution in [2.75, 3.05) is 14.2 Å².